The highest BCUT2D eigenvalue weighted by Crippen LogP contribution is 2.40. The first-order valence-corrected chi connectivity index (χ1v) is 9.47. The van der Waals surface area contributed by atoms with Crippen LogP contribution in [0, 0.1) is 20.4 Å². The van der Waals surface area contributed by atoms with E-state index in [1.54, 1.807) is 4.68 Å². The van der Waals surface area contributed by atoms with Crippen LogP contribution in [0.4, 0.5) is 5.69 Å². The molecule has 0 fully saturated rings. The van der Waals surface area contributed by atoms with Crippen molar-refractivity contribution in [2.24, 2.45) is 7.05 Å². The molecular weight excluding hydrogens is 362 g/mol. The Bertz CT molecular complexity index is 1350. The molecule has 0 unspecified atom stereocenters. The van der Waals surface area contributed by atoms with Crippen molar-refractivity contribution in [3.63, 3.8) is 0 Å². The Kier molecular flexibility index (Phi) is 4.51. The predicted molar refractivity (Wildman–Crippen MR) is 115 cm³/mol. The first-order chi connectivity index (χ1) is 13.9. The maximum absolute atomic E-state index is 12.2. The molecule has 0 bridgehead atoms. The van der Waals surface area contributed by atoms with Gasteiger partial charge in [-0.3, -0.25) is 9.48 Å². The first-order valence-electron chi connectivity index (χ1n) is 9.47. The Hall–Kier alpha value is -3.72. The van der Waals surface area contributed by atoms with E-state index >= 15 is 0 Å². The van der Waals surface area contributed by atoms with E-state index in [0.717, 1.165) is 51.0 Å². The highest BCUT2D eigenvalue weighted by atomic mass is 16.1. The summed E-state index contributed by atoms with van der Waals surface area (Å²) in [6, 6.07) is 9.81. The molecule has 0 aliphatic heterocycles. The van der Waals surface area contributed by atoms with Gasteiger partial charge in [0, 0.05) is 23.6 Å². The zero-order valence-corrected chi connectivity index (χ0v) is 16.9. The molecule has 6 heteroatoms. The summed E-state index contributed by atoms with van der Waals surface area (Å²) < 4.78 is 1.80. The van der Waals surface area contributed by atoms with E-state index in [-0.39, 0.29) is 5.56 Å². The van der Waals surface area contributed by atoms with Crippen molar-refractivity contribution in [3.8, 4) is 22.4 Å². The summed E-state index contributed by atoms with van der Waals surface area (Å²) in [4.78, 5) is 16.0. The highest BCUT2D eigenvalue weighted by molar-refractivity contribution is 5.93. The third-order valence-electron chi connectivity index (χ3n) is 5.26. The summed E-state index contributed by atoms with van der Waals surface area (Å²) in [5.41, 5.74) is 6.95. The van der Waals surface area contributed by atoms with Crippen molar-refractivity contribution in [3.05, 3.63) is 75.1 Å². The molecule has 144 valence electrons. The van der Waals surface area contributed by atoms with E-state index in [2.05, 4.69) is 20.1 Å². The number of aromatic nitrogens is 4. The fourth-order valence-corrected chi connectivity index (χ4v) is 3.91. The lowest BCUT2D eigenvalue weighted by Gasteiger charge is -2.13. The largest absolute Gasteiger partial charge is 0.272 e. The molecule has 0 aliphatic rings. The lowest BCUT2D eigenvalue weighted by molar-refractivity contribution is 0.776. The zero-order chi connectivity index (χ0) is 20.7. The molecule has 2 aromatic carbocycles. The quantitative estimate of drug-likeness (QED) is 0.521. The van der Waals surface area contributed by atoms with Gasteiger partial charge < -0.3 is 0 Å². The smallest absolute Gasteiger partial charge is 0.269 e. The van der Waals surface area contributed by atoms with E-state index < -0.39 is 0 Å². The number of aryl methyl sites for hydroxylation is 4. The second-order valence-electron chi connectivity index (χ2n) is 7.23. The number of hydrogen-bond acceptors (Lipinski definition) is 3. The summed E-state index contributed by atoms with van der Waals surface area (Å²) in [6.07, 6.45) is 2.53. The van der Waals surface area contributed by atoms with Gasteiger partial charge in [0.1, 0.15) is 0 Å². The number of rotatable bonds is 3. The average molecular weight is 383 g/mol. The molecule has 4 aromatic rings. The maximum Gasteiger partial charge on any atom is 0.272 e. The lowest BCUT2D eigenvalue weighted by atomic mass is 9.95. The second kappa shape index (κ2) is 7.02. The standard InChI is InChI=1S/C23H21N5O/c1-6-20-17-11-15(7-8-16(17)23(29)27-26-20)19-12-25-28(5)22(19)18-10-13(2)9-14(3)21(18)24-4/h7-12H,6H2,1-3,5H3,(H,27,29). The summed E-state index contributed by atoms with van der Waals surface area (Å²) in [5, 5.41) is 12.7. The van der Waals surface area contributed by atoms with Gasteiger partial charge in [-0.25, -0.2) is 9.94 Å². The molecule has 2 aromatic heterocycles. The van der Waals surface area contributed by atoms with E-state index in [0.29, 0.717) is 11.1 Å². The predicted octanol–water partition coefficient (Wildman–Crippen LogP) is 4.72. The minimum atomic E-state index is -0.195. The van der Waals surface area contributed by atoms with Crippen LogP contribution < -0.4 is 5.56 Å². The lowest BCUT2D eigenvalue weighted by Crippen LogP contribution is -2.10. The third-order valence-corrected chi connectivity index (χ3v) is 5.26. The summed E-state index contributed by atoms with van der Waals surface area (Å²) >= 11 is 0. The van der Waals surface area contributed by atoms with Gasteiger partial charge >= 0.3 is 0 Å². The molecule has 0 atom stereocenters. The van der Waals surface area contributed by atoms with Crippen LogP contribution in [0.5, 0.6) is 0 Å². The fourth-order valence-electron chi connectivity index (χ4n) is 3.91. The van der Waals surface area contributed by atoms with Gasteiger partial charge in [0.05, 0.1) is 29.5 Å². The van der Waals surface area contributed by atoms with Gasteiger partial charge in [-0.1, -0.05) is 30.7 Å². The Morgan fingerprint density at radius 1 is 1.14 bits per heavy atom. The molecule has 0 radical (unpaired) electrons. The molecule has 2 heterocycles. The molecule has 0 saturated heterocycles. The van der Waals surface area contributed by atoms with Crippen molar-refractivity contribution < 1.29 is 0 Å². The van der Waals surface area contributed by atoms with Gasteiger partial charge in [0.15, 0.2) is 5.69 Å². The average Bonchev–Trinajstić information content (AvgIpc) is 3.09. The van der Waals surface area contributed by atoms with Crippen molar-refractivity contribution in [1.29, 1.82) is 0 Å². The van der Waals surface area contributed by atoms with Crippen LogP contribution in [0.1, 0.15) is 23.7 Å². The summed E-state index contributed by atoms with van der Waals surface area (Å²) in [6.45, 7) is 13.7. The SMILES string of the molecule is [C-]#[N+]c1c(C)cc(C)cc1-c1c(-c2ccc3c(=O)[nH]nc(CC)c3c2)cnn1C. The molecule has 1 N–H and O–H groups in total. The fraction of sp³-hybridized carbons (Fsp3) is 0.217. The molecule has 4 rings (SSSR count). The van der Waals surface area contributed by atoms with Gasteiger partial charge in [0.2, 0.25) is 0 Å². The van der Waals surface area contributed by atoms with E-state index in [9.17, 15) is 4.79 Å². The summed E-state index contributed by atoms with van der Waals surface area (Å²) in [7, 11) is 1.88. The van der Waals surface area contributed by atoms with Crippen LogP contribution in [0.3, 0.4) is 0 Å². The third kappa shape index (κ3) is 3.01. The van der Waals surface area contributed by atoms with Crippen LogP contribution in [0.25, 0.3) is 38.0 Å². The van der Waals surface area contributed by atoms with E-state index in [1.165, 1.54) is 0 Å². The molecule has 0 spiro atoms. The number of H-pyrrole nitrogens is 1. The van der Waals surface area contributed by atoms with E-state index in [4.69, 9.17) is 6.57 Å². The van der Waals surface area contributed by atoms with E-state index in [1.807, 2.05) is 64.3 Å². The highest BCUT2D eigenvalue weighted by Gasteiger charge is 2.19. The van der Waals surface area contributed by atoms with Gasteiger partial charge in [-0.2, -0.15) is 10.2 Å². The second-order valence-corrected chi connectivity index (χ2v) is 7.23. The Morgan fingerprint density at radius 3 is 2.66 bits per heavy atom. The molecular formula is C23H21N5O. The van der Waals surface area contributed by atoms with Crippen molar-refractivity contribution >= 4 is 16.5 Å². The number of hydrogen-bond donors (Lipinski definition) is 1. The Morgan fingerprint density at radius 2 is 1.93 bits per heavy atom. The zero-order valence-electron chi connectivity index (χ0n) is 16.9. The first kappa shape index (κ1) is 18.6. The van der Waals surface area contributed by atoms with Crippen LogP contribution >= 0.6 is 0 Å². The van der Waals surface area contributed by atoms with Gasteiger partial charge in [-0.05, 0) is 43.5 Å². The number of benzene rings is 2. The molecule has 0 aliphatic carbocycles. The molecule has 0 saturated carbocycles. The minimum Gasteiger partial charge on any atom is -0.269 e. The van der Waals surface area contributed by atoms with Crippen molar-refractivity contribution in [2.45, 2.75) is 27.2 Å². The van der Waals surface area contributed by atoms with Crippen LogP contribution in [0.15, 0.2) is 41.3 Å². The van der Waals surface area contributed by atoms with Crippen molar-refractivity contribution in [2.75, 3.05) is 0 Å². The Labute approximate surface area is 168 Å². The maximum atomic E-state index is 12.2. The molecule has 0 amide bonds. The van der Waals surface area contributed by atoms with Crippen molar-refractivity contribution in [1.82, 2.24) is 20.0 Å². The summed E-state index contributed by atoms with van der Waals surface area (Å²) in [5.74, 6) is 0. The van der Waals surface area contributed by atoms with Gasteiger partial charge in [0.25, 0.3) is 5.56 Å². The topological polar surface area (TPSA) is 67.9 Å². The van der Waals surface area contributed by atoms with Gasteiger partial charge in [-0.15, -0.1) is 0 Å². The minimum absolute atomic E-state index is 0.195. The molecule has 29 heavy (non-hydrogen) atoms. The number of fused-ring (bicyclic) bond motifs is 1. The van der Waals surface area contributed by atoms with Crippen LogP contribution in [0.2, 0.25) is 0 Å². The molecule has 6 nitrogen and oxygen atoms in total. The monoisotopic (exact) mass is 383 g/mol. The number of aromatic amines is 1. The Balaban J connectivity index is 2.01. The number of nitrogens with zero attached hydrogens (tertiary/aromatic N) is 4. The van der Waals surface area contributed by atoms with Crippen LogP contribution in [-0.4, -0.2) is 20.0 Å². The normalized spacial score (nSPS) is 11.0. The number of nitrogens with one attached hydrogen (secondary N) is 1. The van der Waals surface area contributed by atoms with Crippen LogP contribution in [-0.2, 0) is 13.5 Å².